The molecule has 1 atom stereocenters. The van der Waals surface area contributed by atoms with Gasteiger partial charge in [0.25, 0.3) is 0 Å². The SMILES string of the molecule is COc1ccccc1N1CCN(CC(=O)N[C@@H](C)c2cccc3ccccc23)CC1. The number of carbonyl (C=O) groups is 1. The van der Waals surface area contributed by atoms with Gasteiger partial charge in [-0.3, -0.25) is 9.69 Å². The van der Waals surface area contributed by atoms with Gasteiger partial charge in [-0.15, -0.1) is 0 Å². The van der Waals surface area contributed by atoms with Crippen LogP contribution in [0.4, 0.5) is 5.69 Å². The van der Waals surface area contributed by atoms with E-state index in [2.05, 4.69) is 58.4 Å². The number of nitrogens with zero attached hydrogens (tertiary/aromatic N) is 2. The third-order valence-electron chi connectivity index (χ3n) is 5.83. The lowest BCUT2D eigenvalue weighted by Crippen LogP contribution is -2.49. The number of fused-ring (bicyclic) bond motifs is 1. The third-order valence-corrected chi connectivity index (χ3v) is 5.83. The number of carbonyl (C=O) groups excluding carboxylic acids is 1. The lowest BCUT2D eigenvalue weighted by Gasteiger charge is -2.36. The van der Waals surface area contributed by atoms with E-state index < -0.39 is 0 Å². The van der Waals surface area contributed by atoms with E-state index in [9.17, 15) is 4.79 Å². The molecule has 1 heterocycles. The van der Waals surface area contributed by atoms with Crippen molar-refractivity contribution in [2.24, 2.45) is 0 Å². The Bertz CT molecular complexity index is 1010. The van der Waals surface area contributed by atoms with Gasteiger partial charge < -0.3 is 15.0 Å². The van der Waals surface area contributed by atoms with Gasteiger partial charge >= 0.3 is 0 Å². The fourth-order valence-corrected chi connectivity index (χ4v) is 4.23. The summed E-state index contributed by atoms with van der Waals surface area (Å²) in [5, 5.41) is 5.57. The molecule has 156 valence electrons. The maximum Gasteiger partial charge on any atom is 0.234 e. The number of para-hydroxylation sites is 2. The number of methoxy groups -OCH3 is 1. The molecule has 1 aliphatic heterocycles. The Labute approximate surface area is 178 Å². The van der Waals surface area contributed by atoms with Crippen molar-refractivity contribution >= 4 is 22.4 Å². The molecule has 30 heavy (non-hydrogen) atoms. The highest BCUT2D eigenvalue weighted by molar-refractivity contribution is 5.87. The van der Waals surface area contributed by atoms with E-state index in [1.165, 1.54) is 10.8 Å². The van der Waals surface area contributed by atoms with Crippen molar-refractivity contribution in [2.75, 3.05) is 44.7 Å². The molecule has 0 saturated carbocycles. The van der Waals surface area contributed by atoms with Crippen LogP contribution in [0.2, 0.25) is 0 Å². The van der Waals surface area contributed by atoms with E-state index in [0.717, 1.165) is 43.2 Å². The van der Waals surface area contributed by atoms with Gasteiger partial charge in [0.05, 0.1) is 25.4 Å². The highest BCUT2D eigenvalue weighted by atomic mass is 16.5. The Morgan fingerprint density at radius 1 is 0.967 bits per heavy atom. The minimum atomic E-state index is -0.0292. The summed E-state index contributed by atoms with van der Waals surface area (Å²) in [6.45, 7) is 5.95. The van der Waals surface area contributed by atoms with E-state index >= 15 is 0 Å². The van der Waals surface area contributed by atoms with Gasteiger partial charge in [0.15, 0.2) is 0 Å². The van der Waals surface area contributed by atoms with Crippen LogP contribution < -0.4 is 15.0 Å². The van der Waals surface area contributed by atoms with Crippen molar-refractivity contribution in [3.63, 3.8) is 0 Å². The number of piperazine rings is 1. The number of hydrogen-bond donors (Lipinski definition) is 1. The quantitative estimate of drug-likeness (QED) is 0.679. The predicted octanol–water partition coefficient (Wildman–Crippen LogP) is 3.85. The summed E-state index contributed by atoms with van der Waals surface area (Å²) in [7, 11) is 1.70. The molecule has 5 heteroatoms. The molecule has 1 fully saturated rings. The molecule has 1 N–H and O–H groups in total. The zero-order valence-electron chi connectivity index (χ0n) is 17.7. The average Bonchev–Trinajstić information content (AvgIpc) is 2.79. The molecule has 1 amide bonds. The van der Waals surface area contributed by atoms with Crippen molar-refractivity contribution < 1.29 is 9.53 Å². The van der Waals surface area contributed by atoms with Crippen molar-refractivity contribution in [3.05, 3.63) is 72.3 Å². The summed E-state index contributed by atoms with van der Waals surface area (Å²) in [5.41, 5.74) is 2.27. The van der Waals surface area contributed by atoms with Gasteiger partial charge in [-0.1, -0.05) is 54.6 Å². The van der Waals surface area contributed by atoms with Crippen LogP contribution in [-0.4, -0.2) is 50.6 Å². The summed E-state index contributed by atoms with van der Waals surface area (Å²) in [5.74, 6) is 0.966. The van der Waals surface area contributed by atoms with Crippen molar-refractivity contribution in [2.45, 2.75) is 13.0 Å². The van der Waals surface area contributed by atoms with E-state index in [-0.39, 0.29) is 11.9 Å². The second-order valence-electron chi connectivity index (χ2n) is 7.79. The number of ether oxygens (including phenoxy) is 1. The first kappa shape index (κ1) is 20.2. The first-order valence-electron chi connectivity index (χ1n) is 10.5. The smallest absolute Gasteiger partial charge is 0.234 e. The van der Waals surface area contributed by atoms with Gasteiger partial charge in [0.1, 0.15) is 5.75 Å². The first-order valence-corrected chi connectivity index (χ1v) is 10.5. The molecule has 0 aliphatic carbocycles. The van der Waals surface area contributed by atoms with E-state index in [1.807, 2.05) is 30.3 Å². The Morgan fingerprint density at radius 2 is 1.67 bits per heavy atom. The predicted molar refractivity (Wildman–Crippen MR) is 122 cm³/mol. The molecule has 0 unspecified atom stereocenters. The molecule has 3 aromatic carbocycles. The molecule has 0 bridgehead atoms. The van der Waals surface area contributed by atoms with Gasteiger partial charge in [-0.2, -0.15) is 0 Å². The van der Waals surface area contributed by atoms with Crippen LogP contribution in [0, 0.1) is 0 Å². The maximum absolute atomic E-state index is 12.7. The van der Waals surface area contributed by atoms with Crippen molar-refractivity contribution in [1.82, 2.24) is 10.2 Å². The Morgan fingerprint density at radius 3 is 2.47 bits per heavy atom. The average molecular weight is 404 g/mol. The number of benzene rings is 3. The van der Waals surface area contributed by atoms with Crippen LogP contribution in [-0.2, 0) is 4.79 Å². The highest BCUT2D eigenvalue weighted by Gasteiger charge is 2.22. The second kappa shape index (κ2) is 9.18. The Kier molecular flexibility index (Phi) is 6.19. The summed E-state index contributed by atoms with van der Waals surface area (Å²) >= 11 is 0. The number of nitrogens with one attached hydrogen (secondary N) is 1. The van der Waals surface area contributed by atoms with Crippen LogP contribution in [0.15, 0.2) is 66.7 Å². The fraction of sp³-hybridized carbons (Fsp3) is 0.320. The van der Waals surface area contributed by atoms with E-state index in [4.69, 9.17) is 4.74 Å². The summed E-state index contributed by atoms with van der Waals surface area (Å²) < 4.78 is 5.49. The Hall–Kier alpha value is -3.05. The molecule has 1 aliphatic rings. The van der Waals surface area contributed by atoms with Gasteiger partial charge in [-0.05, 0) is 35.4 Å². The number of amides is 1. The standard InChI is InChI=1S/C25H29N3O2/c1-19(21-11-7-9-20-8-3-4-10-22(20)21)26-25(29)18-27-14-16-28(17-15-27)23-12-5-6-13-24(23)30-2/h3-13,19H,14-18H2,1-2H3,(H,26,29)/t19-/m0/s1. The molecule has 3 aromatic rings. The third kappa shape index (κ3) is 4.41. The van der Waals surface area contributed by atoms with Crippen LogP contribution in [0.5, 0.6) is 5.75 Å². The van der Waals surface area contributed by atoms with Crippen LogP contribution in [0.1, 0.15) is 18.5 Å². The zero-order chi connectivity index (χ0) is 20.9. The molecule has 0 spiro atoms. The monoisotopic (exact) mass is 403 g/mol. The largest absolute Gasteiger partial charge is 0.495 e. The number of anilines is 1. The van der Waals surface area contributed by atoms with Gasteiger partial charge in [-0.25, -0.2) is 0 Å². The molecule has 0 aromatic heterocycles. The van der Waals surface area contributed by atoms with Crippen LogP contribution in [0.25, 0.3) is 10.8 Å². The van der Waals surface area contributed by atoms with Crippen LogP contribution >= 0.6 is 0 Å². The summed E-state index contributed by atoms with van der Waals surface area (Å²) in [4.78, 5) is 17.2. The topological polar surface area (TPSA) is 44.8 Å². The molecular formula is C25H29N3O2. The number of rotatable bonds is 6. The normalized spacial score (nSPS) is 15.7. The molecule has 4 rings (SSSR count). The summed E-state index contributed by atoms with van der Waals surface area (Å²) in [6.07, 6.45) is 0. The minimum absolute atomic E-state index is 0.0292. The first-order chi connectivity index (χ1) is 14.7. The molecular weight excluding hydrogens is 374 g/mol. The molecule has 0 radical (unpaired) electrons. The molecule has 5 nitrogen and oxygen atoms in total. The lowest BCUT2D eigenvalue weighted by atomic mass is 10.00. The highest BCUT2D eigenvalue weighted by Crippen LogP contribution is 2.28. The van der Waals surface area contributed by atoms with Crippen molar-refractivity contribution in [1.29, 1.82) is 0 Å². The lowest BCUT2D eigenvalue weighted by molar-refractivity contribution is -0.123. The van der Waals surface area contributed by atoms with Gasteiger partial charge in [0, 0.05) is 26.2 Å². The maximum atomic E-state index is 12.7. The summed E-state index contributed by atoms with van der Waals surface area (Å²) in [6, 6.07) is 22.6. The van der Waals surface area contributed by atoms with E-state index in [1.54, 1.807) is 7.11 Å². The van der Waals surface area contributed by atoms with Crippen molar-refractivity contribution in [3.8, 4) is 5.75 Å². The zero-order valence-corrected chi connectivity index (χ0v) is 17.7. The number of hydrogen-bond acceptors (Lipinski definition) is 4. The Balaban J connectivity index is 1.33. The van der Waals surface area contributed by atoms with E-state index in [0.29, 0.717) is 6.54 Å². The molecule has 1 saturated heterocycles. The minimum Gasteiger partial charge on any atom is -0.495 e. The fourth-order valence-electron chi connectivity index (χ4n) is 4.23. The van der Waals surface area contributed by atoms with Crippen LogP contribution in [0.3, 0.4) is 0 Å². The second-order valence-corrected chi connectivity index (χ2v) is 7.79. The van der Waals surface area contributed by atoms with Gasteiger partial charge in [0.2, 0.25) is 5.91 Å².